The highest BCUT2D eigenvalue weighted by atomic mass is 14.8. The van der Waals surface area contributed by atoms with E-state index in [0.29, 0.717) is 5.92 Å². The molecule has 1 N–H and O–H groups in total. The first-order valence-electron chi connectivity index (χ1n) is 4.08. The Bertz CT molecular complexity index is 144. The van der Waals surface area contributed by atoms with E-state index < -0.39 is 0 Å². The maximum absolute atomic E-state index is 7.11. The van der Waals surface area contributed by atoms with Crippen molar-refractivity contribution in [2.24, 2.45) is 10.9 Å². The highest BCUT2D eigenvalue weighted by Crippen LogP contribution is 2.06. The average molecular weight is 154 g/mol. The van der Waals surface area contributed by atoms with Gasteiger partial charge in [0, 0.05) is 11.9 Å². The fourth-order valence-corrected chi connectivity index (χ4v) is 0.973. The third kappa shape index (κ3) is 5.77. The minimum Gasteiger partial charge on any atom is -0.311 e. The molecule has 0 aliphatic carbocycles. The van der Waals surface area contributed by atoms with Gasteiger partial charge in [0.25, 0.3) is 0 Å². The number of hydrogen-bond acceptors (Lipinski definition) is 2. The molecular weight excluding hydrogens is 136 g/mol. The van der Waals surface area contributed by atoms with Gasteiger partial charge in [0.2, 0.25) is 0 Å². The fourth-order valence-electron chi connectivity index (χ4n) is 0.973. The summed E-state index contributed by atoms with van der Waals surface area (Å²) in [5.74, 6) is 0.615. The van der Waals surface area contributed by atoms with Gasteiger partial charge in [-0.2, -0.15) is 0 Å². The summed E-state index contributed by atoms with van der Waals surface area (Å²) in [5, 5.41) is 7.11. The van der Waals surface area contributed by atoms with E-state index in [2.05, 4.69) is 18.8 Å². The van der Waals surface area contributed by atoms with Crippen molar-refractivity contribution in [1.29, 1.82) is 5.41 Å². The van der Waals surface area contributed by atoms with E-state index in [9.17, 15) is 0 Å². The van der Waals surface area contributed by atoms with Gasteiger partial charge in [-0.15, -0.1) is 0 Å². The molecule has 0 amide bonds. The molecule has 0 saturated heterocycles. The summed E-state index contributed by atoms with van der Waals surface area (Å²) in [7, 11) is 0. The predicted octanol–water partition coefficient (Wildman–Crippen LogP) is 2.53. The Labute approximate surface area is 69.2 Å². The van der Waals surface area contributed by atoms with Crippen LogP contribution in [0, 0.1) is 11.3 Å². The Morgan fingerprint density at radius 2 is 2.00 bits per heavy atom. The van der Waals surface area contributed by atoms with Crippen LogP contribution in [0.1, 0.15) is 34.1 Å². The molecule has 0 heterocycles. The number of nitrogens with one attached hydrogen (secondary N) is 1. The second-order valence-electron chi connectivity index (χ2n) is 3.44. The molecule has 11 heavy (non-hydrogen) atoms. The van der Waals surface area contributed by atoms with E-state index in [1.807, 2.05) is 13.8 Å². The Hall–Kier alpha value is -0.660. The number of rotatable bonds is 4. The molecule has 0 aliphatic heterocycles. The Balaban J connectivity index is 3.96. The van der Waals surface area contributed by atoms with Gasteiger partial charge in [-0.3, -0.25) is 4.99 Å². The highest BCUT2D eigenvalue weighted by molar-refractivity contribution is 5.81. The van der Waals surface area contributed by atoms with Crippen LogP contribution in [-0.2, 0) is 0 Å². The summed E-state index contributed by atoms with van der Waals surface area (Å²) >= 11 is 0. The van der Waals surface area contributed by atoms with Gasteiger partial charge in [0.05, 0.1) is 6.04 Å². The smallest absolute Gasteiger partial charge is 0.0844 e. The van der Waals surface area contributed by atoms with Crippen LogP contribution in [0.4, 0.5) is 0 Å². The summed E-state index contributed by atoms with van der Waals surface area (Å²) in [6, 6.07) is 0.0972. The monoisotopic (exact) mass is 154 g/mol. The van der Waals surface area contributed by atoms with Gasteiger partial charge < -0.3 is 5.41 Å². The molecule has 0 spiro atoms. The van der Waals surface area contributed by atoms with E-state index >= 15 is 0 Å². The van der Waals surface area contributed by atoms with E-state index in [0.717, 1.165) is 12.1 Å². The Morgan fingerprint density at radius 3 is 2.27 bits per heavy atom. The molecule has 0 aliphatic rings. The molecule has 2 heteroatoms. The molecule has 0 aromatic heterocycles. The summed E-state index contributed by atoms with van der Waals surface area (Å²) < 4.78 is 0. The van der Waals surface area contributed by atoms with Crippen LogP contribution in [0.25, 0.3) is 0 Å². The van der Waals surface area contributed by atoms with E-state index in [1.165, 1.54) is 6.21 Å². The van der Waals surface area contributed by atoms with Crippen molar-refractivity contribution < 1.29 is 0 Å². The minimum absolute atomic E-state index is 0.0972. The first kappa shape index (κ1) is 10.3. The lowest BCUT2D eigenvalue weighted by atomic mass is 10.1. The lowest BCUT2D eigenvalue weighted by Crippen LogP contribution is -2.10. The molecule has 64 valence electrons. The second kappa shape index (κ2) is 5.05. The lowest BCUT2D eigenvalue weighted by Gasteiger charge is -2.09. The van der Waals surface area contributed by atoms with Crippen LogP contribution in [-0.4, -0.2) is 18.0 Å². The third-order valence-electron chi connectivity index (χ3n) is 1.33. The molecule has 0 aromatic rings. The highest BCUT2D eigenvalue weighted by Gasteiger charge is 2.04. The zero-order valence-electron chi connectivity index (χ0n) is 7.89. The zero-order valence-corrected chi connectivity index (χ0v) is 7.89. The predicted molar refractivity (Wildman–Crippen MR) is 50.8 cm³/mol. The van der Waals surface area contributed by atoms with Crippen LogP contribution in [0.5, 0.6) is 0 Å². The number of nitrogens with zero attached hydrogens (tertiary/aromatic N) is 1. The molecule has 1 unspecified atom stereocenters. The van der Waals surface area contributed by atoms with Crippen molar-refractivity contribution in [3.8, 4) is 0 Å². The normalized spacial score (nSPS) is 12.8. The first-order chi connectivity index (χ1) is 5.06. The van der Waals surface area contributed by atoms with E-state index in [4.69, 9.17) is 5.41 Å². The second-order valence-corrected chi connectivity index (χ2v) is 3.44. The minimum atomic E-state index is 0.0972. The maximum atomic E-state index is 7.11. The molecule has 1 atom stereocenters. The van der Waals surface area contributed by atoms with Crippen molar-refractivity contribution in [3.05, 3.63) is 0 Å². The Kier molecular flexibility index (Phi) is 4.75. The molecule has 0 bridgehead atoms. The quantitative estimate of drug-likeness (QED) is 0.604. The average Bonchev–Trinajstić information content (AvgIpc) is 1.84. The van der Waals surface area contributed by atoms with Crippen molar-refractivity contribution in [3.63, 3.8) is 0 Å². The maximum Gasteiger partial charge on any atom is 0.0844 e. The largest absolute Gasteiger partial charge is 0.311 e. The Morgan fingerprint density at radius 1 is 1.45 bits per heavy atom. The molecule has 2 nitrogen and oxygen atoms in total. The fraction of sp³-hybridized carbons (Fsp3) is 0.778. The molecule has 0 saturated carbocycles. The summed E-state index contributed by atoms with van der Waals surface area (Å²) in [4.78, 5) is 4.31. The molecular formula is C9H18N2. The lowest BCUT2D eigenvalue weighted by molar-refractivity contribution is 0.564. The molecule has 0 rings (SSSR count). The van der Waals surface area contributed by atoms with Crippen LogP contribution < -0.4 is 0 Å². The van der Waals surface area contributed by atoms with Crippen molar-refractivity contribution in [2.75, 3.05) is 0 Å². The van der Waals surface area contributed by atoms with Gasteiger partial charge in [-0.1, -0.05) is 13.8 Å². The standard InChI is InChI=1S/C9H18N2/c1-7(2)5-9(6-10)11-8(3)4/h6-7,9-10H,5H2,1-4H3. The number of hydrogen-bond donors (Lipinski definition) is 1. The molecule has 0 radical (unpaired) electrons. The van der Waals surface area contributed by atoms with Crippen molar-refractivity contribution in [2.45, 2.75) is 40.2 Å². The molecule has 0 fully saturated rings. The first-order valence-corrected chi connectivity index (χ1v) is 4.08. The van der Waals surface area contributed by atoms with E-state index in [-0.39, 0.29) is 6.04 Å². The number of aliphatic imine (C=N–C) groups is 1. The van der Waals surface area contributed by atoms with Crippen LogP contribution >= 0.6 is 0 Å². The van der Waals surface area contributed by atoms with Crippen molar-refractivity contribution >= 4 is 11.9 Å². The summed E-state index contributed by atoms with van der Waals surface area (Å²) in [6.07, 6.45) is 2.40. The van der Waals surface area contributed by atoms with Gasteiger partial charge >= 0.3 is 0 Å². The van der Waals surface area contributed by atoms with E-state index in [1.54, 1.807) is 0 Å². The van der Waals surface area contributed by atoms with Gasteiger partial charge in [0.1, 0.15) is 0 Å². The van der Waals surface area contributed by atoms with Gasteiger partial charge in [-0.05, 0) is 26.2 Å². The summed E-state index contributed by atoms with van der Waals surface area (Å²) in [6.45, 7) is 8.24. The van der Waals surface area contributed by atoms with Crippen LogP contribution in [0.2, 0.25) is 0 Å². The topological polar surface area (TPSA) is 36.2 Å². The third-order valence-corrected chi connectivity index (χ3v) is 1.33. The van der Waals surface area contributed by atoms with Gasteiger partial charge in [0.15, 0.2) is 0 Å². The van der Waals surface area contributed by atoms with Crippen LogP contribution in [0.3, 0.4) is 0 Å². The van der Waals surface area contributed by atoms with Crippen molar-refractivity contribution in [1.82, 2.24) is 0 Å². The zero-order chi connectivity index (χ0) is 8.85. The van der Waals surface area contributed by atoms with Crippen LogP contribution in [0.15, 0.2) is 4.99 Å². The van der Waals surface area contributed by atoms with Gasteiger partial charge in [-0.25, -0.2) is 0 Å². The molecule has 0 aromatic carbocycles. The summed E-state index contributed by atoms with van der Waals surface area (Å²) in [5.41, 5.74) is 1.05. The SMILES string of the molecule is CC(C)=NC(C=N)CC(C)C.